The molecule has 1 amide bonds. The first-order valence-corrected chi connectivity index (χ1v) is 8.13. The lowest BCUT2D eigenvalue weighted by atomic mass is 9.91. The number of anilines is 1. The Bertz CT molecular complexity index is 687. The maximum absolute atomic E-state index is 12.5. The second-order valence-corrected chi connectivity index (χ2v) is 6.20. The van der Waals surface area contributed by atoms with Gasteiger partial charge in [0.15, 0.2) is 0 Å². The molecule has 0 unspecified atom stereocenters. The van der Waals surface area contributed by atoms with Crippen molar-refractivity contribution < 1.29 is 4.79 Å². The highest BCUT2D eigenvalue weighted by Crippen LogP contribution is 2.28. The fourth-order valence-corrected chi connectivity index (χ4v) is 3.13. The number of hydrogen-bond donors (Lipinski definition) is 1. The number of rotatable bonds is 4. The molecule has 0 saturated carbocycles. The second-order valence-electron chi connectivity index (χ2n) is 5.76. The summed E-state index contributed by atoms with van der Waals surface area (Å²) in [5.41, 5.74) is 1.23. The highest BCUT2D eigenvalue weighted by molar-refractivity contribution is 6.30. The quantitative estimate of drug-likeness (QED) is 0.933. The number of pyridine rings is 1. The smallest absolute Gasteiger partial charge is 0.244 e. The summed E-state index contributed by atoms with van der Waals surface area (Å²) in [6, 6.07) is 4.10. The van der Waals surface area contributed by atoms with Crippen LogP contribution in [0.5, 0.6) is 0 Å². The van der Waals surface area contributed by atoms with Crippen LogP contribution in [-0.2, 0) is 11.3 Å². The number of piperidine rings is 1. The van der Waals surface area contributed by atoms with Crippen LogP contribution in [0.1, 0.15) is 24.3 Å². The van der Waals surface area contributed by atoms with E-state index < -0.39 is 0 Å². The molecular formula is C16H20ClN5O. The van der Waals surface area contributed by atoms with Gasteiger partial charge in [-0.2, -0.15) is 5.10 Å². The molecule has 3 rings (SSSR count). The summed E-state index contributed by atoms with van der Waals surface area (Å²) in [7, 11) is 1.86. The third kappa shape index (κ3) is 3.82. The summed E-state index contributed by atoms with van der Waals surface area (Å²) in [5.74, 6) is 1.29. The molecule has 1 saturated heterocycles. The van der Waals surface area contributed by atoms with E-state index in [0.717, 1.165) is 31.7 Å². The zero-order chi connectivity index (χ0) is 16.2. The van der Waals surface area contributed by atoms with Crippen molar-refractivity contribution in [3.63, 3.8) is 0 Å². The van der Waals surface area contributed by atoms with Gasteiger partial charge in [-0.1, -0.05) is 11.6 Å². The predicted octanol–water partition coefficient (Wildman–Crippen LogP) is 2.38. The Morgan fingerprint density at radius 3 is 3.13 bits per heavy atom. The van der Waals surface area contributed by atoms with Crippen LogP contribution >= 0.6 is 11.6 Å². The van der Waals surface area contributed by atoms with Crippen LogP contribution in [0.2, 0.25) is 5.02 Å². The summed E-state index contributed by atoms with van der Waals surface area (Å²) in [6.45, 7) is 1.77. The Morgan fingerprint density at radius 2 is 2.39 bits per heavy atom. The average Bonchev–Trinajstić information content (AvgIpc) is 3.00. The van der Waals surface area contributed by atoms with Gasteiger partial charge in [-0.25, -0.2) is 4.98 Å². The van der Waals surface area contributed by atoms with Gasteiger partial charge in [0, 0.05) is 38.4 Å². The van der Waals surface area contributed by atoms with E-state index in [0.29, 0.717) is 10.9 Å². The number of amides is 1. The molecule has 2 aromatic rings. The number of hydrogen-bond acceptors (Lipinski definition) is 4. The predicted molar refractivity (Wildman–Crippen MR) is 89.6 cm³/mol. The van der Waals surface area contributed by atoms with Crippen LogP contribution in [0.3, 0.4) is 0 Å². The second kappa shape index (κ2) is 7.00. The SMILES string of the molecule is CNc1cc([C@H]2CCCN(C(=O)Cn3cc(Cl)cn3)C2)ccn1. The van der Waals surface area contributed by atoms with Crippen molar-refractivity contribution in [2.45, 2.75) is 25.3 Å². The molecule has 1 fully saturated rings. The zero-order valence-corrected chi connectivity index (χ0v) is 13.8. The normalized spacial score (nSPS) is 18.0. The number of nitrogens with zero attached hydrogens (tertiary/aromatic N) is 4. The topological polar surface area (TPSA) is 63.1 Å². The Kier molecular flexibility index (Phi) is 4.81. The molecule has 7 heteroatoms. The molecule has 23 heavy (non-hydrogen) atoms. The summed E-state index contributed by atoms with van der Waals surface area (Å²) in [6.07, 6.45) is 7.12. The molecule has 0 radical (unpaired) electrons. The lowest BCUT2D eigenvalue weighted by Crippen LogP contribution is -2.40. The van der Waals surface area contributed by atoms with E-state index in [1.54, 1.807) is 17.1 Å². The minimum absolute atomic E-state index is 0.0809. The minimum Gasteiger partial charge on any atom is -0.373 e. The third-order valence-electron chi connectivity index (χ3n) is 4.18. The molecule has 1 N–H and O–H groups in total. The summed E-state index contributed by atoms with van der Waals surface area (Å²) in [4.78, 5) is 18.6. The van der Waals surface area contributed by atoms with E-state index in [9.17, 15) is 4.79 Å². The van der Waals surface area contributed by atoms with Crippen LogP contribution in [0.25, 0.3) is 0 Å². The number of carbonyl (C=O) groups excluding carboxylic acids is 1. The number of aromatic nitrogens is 3. The van der Waals surface area contributed by atoms with Crippen molar-refractivity contribution in [3.05, 3.63) is 41.3 Å². The standard InChI is InChI=1S/C16H20ClN5O/c1-18-15-7-12(4-5-19-15)13-3-2-6-21(9-13)16(23)11-22-10-14(17)8-20-22/h4-5,7-8,10,13H,2-3,6,9,11H2,1H3,(H,18,19)/t13-/m0/s1. The van der Waals surface area contributed by atoms with Crippen LogP contribution in [0.15, 0.2) is 30.7 Å². The van der Waals surface area contributed by atoms with Gasteiger partial charge in [-0.3, -0.25) is 9.48 Å². The number of likely N-dealkylation sites (tertiary alicyclic amines) is 1. The largest absolute Gasteiger partial charge is 0.373 e. The molecule has 1 aliphatic rings. The summed E-state index contributed by atoms with van der Waals surface area (Å²) >= 11 is 5.84. The highest BCUT2D eigenvalue weighted by Gasteiger charge is 2.25. The molecule has 0 bridgehead atoms. The van der Waals surface area contributed by atoms with E-state index in [2.05, 4.69) is 21.5 Å². The molecule has 2 aromatic heterocycles. The first-order valence-electron chi connectivity index (χ1n) is 7.75. The van der Waals surface area contributed by atoms with Gasteiger partial charge in [-0.15, -0.1) is 0 Å². The van der Waals surface area contributed by atoms with Gasteiger partial charge in [0.05, 0.1) is 11.2 Å². The minimum atomic E-state index is 0.0809. The van der Waals surface area contributed by atoms with E-state index in [-0.39, 0.29) is 12.5 Å². The lowest BCUT2D eigenvalue weighted by molar-refractivity contribution is -0.133. The van der Waals surface area contributed by atoms with E-state index in [4.69, 9.17) is 11.6 Å². The zero-order valence-electron chi connectivity index (χ0n) is 13.1. The molecule has 6 nitrogen and oxygen atoms in total. The van der Waals surface area contributed by atoms with Gasteiger partial charge < -0.3 is 10.2 Å². The van der Waals surface area contributed by atoms with E-state index >= 15 is 0 Å². The van der Waals surface area contributed by atoms with Gasteiger partial charge in [0.25, 0.3) is 0 Å². The van der Waals surface area contributed by atoms with Gasteiger partial charge in [0.1, 0.15) is 12.4 Å². The Balaban J connectivity index is 1.66. The molecular weight excluding hydrogens is 314 g/mol. The van der Waals surface area contributed by atoms with Crippen LogP contribution in [0.4, 0.5) is 5.82 Å². The molecule has 3 heterocycles. The van der Waals surface area contributed by atoms with Gasteiger partial charge in [0.2, 0.25) is 5.91 Å². The monoisotopic (exact) mass is 333 g/mol. The molecule has 0 aromatic carbocycles. The van der Waals surface area contributed by atoms with Crippen molar-refractivity contribution >= 4 is 23.3 Å². The third-order valence-corrected chi connectivity index (χ3v) is 4.38. The van der Waals surface area contributed by atoms with Crippen molar-refractivity contribution in [2.75, 3.05) is 25.5 Å². The van der Waals surface area contributed by atoms with Crippen LogP contribution in [-0.4, -0.2) is 45.7 Å². The molecule has 1 aliphatic heterocycles. The van der Waals surface area contributed by atoms with Crippen LogP contribution < -0.4 is 5.32 Å². The maximum atomic E-state index is 12.5. The van der Waals surface area contributed by atoms with E-state index in [1.807, 2.05) is 24.2 Å². The lowest BCUT2D eigenvalue weighted by Gasteiger charge is -2.33. The first kappa shape index (κ1) is 15.8. The van der Waals surface area contributed by atoms with E-state index in [1.165, 1.54) is 5.56 Å². The molecule has 1 atom stereocenters. The molecule has 122 valence electrons. The molecule has 0 aliphatic carbocycles. The van der Waals surface area contributed by atoms with Gasteiger partial charge >= 0.3 is 0 Å². The molecule has 0 spiro atoms. The fraction of sp³-hybridized carbons (Fsp3) is 0.438. The van der Waals surface area contributed by atoms with Crippen LogP contribution in [0, 0.1) is 0 Å². The average molecular weight is 334 g/mol. The highest BCUT2D eigenvalue weighted by atomic mass is 35.5. The fourth-order valence-electron chi connectivity index (χ4n) is 2.98. The summed E-state index contributed by atoms with van der Waals surface area (Å²) < 4.78 is 1.58. The van der Waals surface area contributed by atoms with Crippen molar-refractivity contribution in [2.24, 2.45) is 0 Å². The first-order chi connectivity index (χ1) is 11.2. The van der Waals surface area contributed by atoms with Gasteiger partial charge in [-0.05, 0) is 30.5 Å². The Morgan fingerprint density at radius 1 is 1.52 bits per heavy atom. The summed E-state index contributed by atoms with van der Waals surface area (Å²) in [5, 5.41) is 7.68. The number of halogens is 1. The Hall–Kier alpha value is -2.08. The maximum Gasteiger partial charge on any atom is 0.244 e. The number of carbonyl (C=O) groups is 1. The van der Waals surface area contributed by atoms with Crippen molar-refractivity contribution in [3.8, 4) is 0 Å². The van der Waals surface area contributed by atoms with Crippen molar-refractivity contribution in [1.82, 2.24) is 19.7 Å². The Labute approximate surface area is 140 Å². The van der Waals surface area contributed by atoms with Crippen molar-refractivity contribution in [1.29, 1.82) is 0 Å². The number of nitrogens with one attached hydrogen (secondary N) is 1.